The van der Waals surface area contributed by atoms with Crippen molar-refractivity contribution in [2.45, 2.75) is 6.54 Å². The van der Waals surface area contributed by atoms with E-state index >= 15 is 0 Å². The van der Waals surface area contributed by atoms with Gasteiger partial charge >= 0.3 is 0 Å². The zero-order chi connectivity index (χ0) is 16.8. The summed E-state index contributed by atoms with van der Waals surface area (Å²) in [6.45, 7) is 2.11. The summed E-state index contributed by atoms with van der Waals surface area (Å²) in [5.41, 5.74) is 1.72. The summed E-state index contributed by atoms with van der Waals surface area (Å²) in [6, 6.07) is 13.7. The molecule has 3 aromatic rings. The Balaban J connectivity index is 1.71. The molecule has 0 bridgehead atoms. The Morgan fingerprint density at radius 3 is 2.83 bits per heavy atom. The first-order valence-corrected chi connectivity index (χ1v) is 8.69. The molecule has 0 unspecified atom stereocenters. The number of hydrogen-bond acceptors (Lipinski definition) is 4. The molecule has 5 nitrogen and oxygen atoms in total. The van der Waals surface area contributed by atoms with Crippen molar-refractivity contribution in [3.8, 4) is 5.75 Å². The minimum atomic E-state index is -0.0878. The number of fused-ring (bicyclic) bond motifs is 1. The van der Waals surface area contributed by atoms with Gasteiger partial charge in [0.25, 0.3) is 5.91 Å². The summed E-state index contributed by atoms with van der Waals surface area (Å²) < 4.78 is 13.9. The number of hydrogen-bond donors (Lipinski definition) is 1. The molecule has 0 aliphatic rings. The van der Waals surface area contributed by atoms with Crippen LogP contribution in [0.2, 0.25) is 0 Å². The molecule has 126 valence electrons. The van der Waals surface area contributed by atoms with Gasteiger partial charge in [-0.05, 0) is 29.6 Å². The highest BCUT2D eigenvalue weighted by atomic mass is 32.1. The van der Waals surface area contributed by atoms with Crippen molar-refractivity contribution >= 4 is 27.5 Å². The van der Waals surface area contributed by atoms with Gasteiger partial charge in [-0.15, -0.1) is 11.3 Å². The van der Waals surface area contributed by atoms with Crippen molar-refractivity contribution in [3.05, 3.63) is 53.5 Å². The highest BCUT2D eigenvalue weighted by Gasteiger charge is 2.16. The molecule has 6 heteroatoms. The van der Waals surface area contributed by atoms with Gasteiger partial charge in [-0.2, -0.15) is 0 Å². The first-order chi connectivity index (χ1) is 11.8. The monoisotopic (exact) mass is 344 g/mol. The zero-order valence-electron chi connectivity index (χ0n) is 13.5. The predicted octanol–water partition coefficient (Wildman–Crippen LogP) is 3.16. The molecule has 3 rings (SSSR count). The molecule has 0 saturated carbocycles. The number of carbonyl (C=O) groups excluding carboxylic acids is 1. The van der Waals surface area contributed by atoms with E-state index < -0.39 is 0 Å². The first-order valence-electron chi connectivity index (χ1n) is 7.81. The van der Waals surface area contributed by atoms with Gasteiger partial charge in [-0.3, -0.25) is 4.79 Å². The highest BCUT2D eigenvalue weighted by Crippen LogP contribution is 2.25. The van der Waals surface area contributed by atoms with Crippen LogP contribution in [0.25, 0.3) is 10.2 Å². The Bertz CT molecular complexity index is 795. The Labute approximate surface area is 144 Å². The second kappa shape index (κ2) is 7.99. The Kier molecular flexibility index (Phi) is 5.51. The molecule has 0 saturated heterocycles. The van der Waals surface area contributed by atoms with Crippen LogP contribution in [0.4, 0.5) is 0 Å². The summed E-state index contributed by atoms with van der Waals surface area (Å²) in [7, 11) is 1.62. The quantitative estimate of drug-likeness (QED) is 0.639. The van der Waals surface area contributed by atoms with Crippen molar-refractivity contribution in [2.24, 2.45) is 0 Å². The molecule has 24 heavy (non-hydrogen) atoms. The van der Waals surface area contributed by atoms with Crippen molar-refractivity contribution in [1.29, 1.82) is 0 Å². The third-order valence-corrected chi connectivity index (χ3v) is 4.53. The normalized spacial score (nSPS) is 10.9. The van der Waals surface area contributed by atoms with E-state index in [0.717, 1.165) is 16.0 Å². The highest BCUT2D eigenvalue weighted by molar-refractivity contribution is 7.17. The lowest BCUT2D eigenvalue weighted by Gasteiger charge is -2.12. The SMILES string of the molecule is COCCNC(=O)c1cc2sccc2n1CCOc1ccccc1. The second-order valence-electron chi connectivity index (χ2n) is 5.26. The Hall–Kier alpha value is -2.31. The maximum absolute atomic E-state index is 12.4. The molecule has 0 spiro atoms. The van der Waals surface area contributed by atoms with E-state index in [1.54, 1.807) is 18.4 Å². The largest absolute Gasteiger partial charge is 0.492 e. The number of methoxy groups -OCH3 is 1. The van der Waals surface area contributed by atoms with E-state index in [1.807, 2.05) is 52.4 Å². The summed E-state index contributed by atoms with van der Waals surface area (Å²) >= 11 is 1.63. The maximum atomic E-state index is 12.4. The van der Waals surface area contributed by atoms with Gasteiger partial charge in [0, 0.05) is 13.7 Å². The number of amides is 1. The van der Waals surface area contributed by atoms with Crippen LogP contribution in [0.15, 0.2) is 47.8 Å². The lowest BCUT2D eigenvalue weighted by molar-refractivity contribution is 0.0927. The number of para-hydroxylation sites is 1. The number of nitrogens with one attached hydrogen (secondary N) is 1. The third kappa shape index (κ3) is 3.77. The van der Waals surface area contributed by atoms with Gasteiger partial charge in [0.2, 0.25) is 0 Å². The molecule has 1 aromatic carbocycles. The summed E-state index contributed by atoms with van der Waals surface area (Å²) in [5.74, 6) is 0.743. The zero-order valence-corrected chi connectivity index (χ0v) is 14.3. The van der Waals surface area contributed by atoms with Crippen LogP contribution in [-0.4, -0.2) is 37.3 Å². The van der Waals surface area contributed by atoms with Crippen LogP contribution in [0, 0.1) is 0 Å². The minimum Gasteiger partial charge on any atom is -0.492 e. The van der Waals surface area contributed by atoms with Crippen LogP contribution < -0.4 is 10.1 Å². The van der Waals surface area contributed by atoms with E-state index in [4.69, 9.17) is 9.47 Å². The predicted molar refractivity (Wildman–Crippen MR) is 96.0 cm³/mol. The van der Waals surface area contributed by atoms with E-state index in [-0.39, 0.29) is 5.91 Å². The van der Waals surface area contributed by atoms with Crippen LogP contribution in [0.1, 0.15) is 10.5 Å². The van der Waals surface area contributed by atoms with E-state index in [9.17, 15) is 4.79 Å². The molecule has 1 amide bonds. The standard InChI is InChI=1S/C18H20N2O3S/c1-22-10-8-19-18(21)16-13-17-15(7-12-24-17)20(16)9-11-23-14-5-3-2-4-6-14/h2-7,12-13H,8-11H2,1H3,(H,19,21). The summed E-state index contributed by atoms with van der Waals surface area (Å²) in [6.07, 6.45) is 0. The number of aromatic nitrogens is 1. The molecule has 2 heterocycles. The van der Waals surface area contributed by atoms with Crippen molar-refractivity contribution < 1.29 is 14.3 Å². The minimum absolute atomic E-state index is 0.0878. The fraction of sp³-hybridized carbons (Fsp3) is 0.278. The van der Waals surface area contributed by atoms with Crippen LogP contribution >= 0.6 is 11.3 Å². The average molecular weight is 344 g/mol. The van der Waals surface area contributed by atoms with Crippen LogP contribution in [0.3, 0.4) is 0 Å². The summed E-state index contributed by atoms with van der Waals surface area (Å²) in [5, 5.41) is 4.91. The summed E-state index contributed by atoms with van der Waals surface area (Å²) in [4.78, 5) is 12.4. The fourth-order valence-corrected chi connectivity index (χ4v) is 3.36. The van der Waals surface area contributed by atoms with E-state index in [2.05, 4.69) is 5.32 Å². The lowest BCUT2D eigenvalue weighted by atomic mass is 10.3. The Morgan fingerprint density at radius 1 is 1.21 bits per heavy atom. The molecule has 0 aliphatic carbocycles. The Morgan fingerprint density at radius 2 is 2.04 bits per heavy atom. The van der Waals surface area contributed by atoms with E-state index in [0.29, 0.717) is 32.0 Å². The second-order valence-corrected chi connectivity index (χ2v) is 6.21. The fourth-order valence-electron chi connectivity index (χ4n) is 2.53. The number of thiophene rings is 1. The number of ether oxygens (including phenoxy) is 2. The lowest BCUT2D eigenvalue weighted by Crippen LogP contribution is -2.29. The molecular weight excluding hydrogens is 324 g/mol. The van der Waals surface area contributed by atoms with Gasteiger partial charge in [-0.1, -0.05) is 18.2 Å². The van der Waals surface area contributed by atoms with E-state index in [1.165, 1.54) is 0 Å². The number of nitrogens with zero attached hydrogens (tertiary/aromatic N) is 1. The molecule has 0 radical (unpaired) electrons. The molecule has 1 N–H and O–H groups in total. The third-order valence-electron chi connectivity index (χ3n) is 3.67. The van der Waals surface area contributed by atoms with Crippen LogP contribution in [0.5, 0.6) is 5.75 Å². The van der Waals surface area contributed by atoms with Crippen LogP contribution in [-0.2, 0) is 11.3 Å². The van der Waals surface area contributed by atoms with Gasteiger partial charge in [0.15, 0.2) is 0 Å². The smallest absolute Gasteiger partial charge is 0.268 e. The van der Waals surface area contributed by atoms with Gasteiger partial charge in [0.1, 0.15) is 18.1 Å². The van der Waals surface area contributed by atoms with Crippen molar-refractivity contribution in [3.63, 3.8) is 0 Å². The topological polar surface area (TPSA) is 52.5 Å². The molecule has 0 fully saturated rings. The average Bonchev–Trinajstić information content (AvgIpc) is 3.18. The van der Waals surface area contributed by atoms with Crippen molar-refractivity contribution in [2.75, 3.05) is 26.9 Å². The van der Waals surface area contributed by atoms with Gasteiger partial charge < -0.3 is 19.4 Å². The maximum Gasteiger partial charge on any atom is 0.268 e. The first kappa shape index (κ1) is 16.5. The molecular formula is C18H20N2O3S. The number of carbonyl (C=O) groups is 1. The van der Waals surface area contributed by atoms with Crippen molar-refractivity contribution in [1.82, 2.24) is 9.88 Å². The van der Waals surface area contributed by atoms with Gasteiger partial charge in [-0.25, -0.2) is 0 Å². The number of benzene rings is 1. The molecule has 0 atom stereocenters. The number of rotatable bonds is 8. The molecule has 0 aliphatic heterocycles. The van der Waals surface area contributed by atoms with Gasteiger partial charge in [0.05, 0.1) is 23.4 Å². The molecule has 2 aromatic heterocycles.